The van der Waals surface area contributed by atoms with E-state index in [0.29, 0.717) is 12.3 Å². The van der Waals surface area contributed by atoms with Crippen LogP contribution in [0, 0.1) is 22.0 Å². The molecule has 21 heavy (non-hydrogen) atoms. The van der Waals surface area contributed by atoms with E-state index < -0.39 is 0 Å². The molecule has 0 saturated heterocycles. The van der Waals surface area contributed by atoms with Gasteiger partial charge in [0.2, 0.25) is 0 Å². The number of nitrogens with two attached hydrogens (primary N) is 1. The highest BCUT2D eigenvalue weighted by molar-refractivity contribution is 9.10. The van der Waals surface area contributed by atoms with E-state index in [2.05, 4.69) is 22.9 Å². The van der Waals surface area contributed by atoms with Crippen molar-refractivity contribution in [1.82, 2.24) is 0 Å². The van der Waals surface area contributed by atoms with Crippen molar-refractivity contribution in [3.63, 3.8) is 0 Å². The van der Waals surface area contributed by atoms with Gasteiger partial charge in [0, 0.05) is 22.1 Å². The molecular formula is C16H23BrN2O2. The van der Waals surface area contributed by atoms with Gasteiger partial charge in [-0.2, -0.15) is 0 Å². The first-order valence-corrected chi connectivity index (χ1v) is 8.49. The smallest absolute Gasteiger partial charge is 0.273 e. The van der Waals surface area contributed by atoms with Gasteiger partial charge in [-0.3, -0.25) is 10.1 Å². The summed E-state index contributed by atoms with van der Waals surface area (Å²) in [6.45, 7) is 2.21. The average Bonchev–Trinajstić information content (AvgIpc) is 2.44. The third-order valence-electron chi connectivity index (χ3n) is 4.57. The normalized spacial score (nSPS) is 25.8. The molecule has 1 aromatic carbocycles. The lowest BCUT2D eigenvalue weighted by Gasteiger charge is -2.34. The van der Waals surface area contributed by atoms with Gasteiger partial charge in [-0.1, -0.05) is 41.8 Å². The Bertz CT molecular complexity index is 507. The van der Waals surface area contributed by atoms with Crippen LogP contribution >= 0.6 is 15.9 Å². The van der Waals surface area contributed by atoms with Crippen molar-refractivity contribution in [2.45, 2.75) is 51.5 Å². The Morgan fingerprint density at radius 2 is 2.19 bits per heavy atom. The van der Waals surface area contributed by atoms with Crippen molar-refractivity contribution in [1.29, 1.82) is 0 Å². The van der Waals surface area contributed by atoms with Crippen molar-refractivity contribution >= 4 is 21.6 Å². The molecule has 5 heteroatoms. The maximum Gasteiger partial charge on any atom is 0.273 e. The molecular weight excluding hydrogens is 332 g/mol. The minimum atomic E-state index is -0.294. The minimum absolute atomic E-state index is 0.168. The largest absolute Gasteiger partial charge is 0.327 e. The number of halogens is 1. The summed E-state index contributed by atoms with van der Waals surface area (Å²) in [5.41, 5.74) is 7.27. The molecule has 3 unspecified atom stereocenters. The van der Waals surface area contributed by atoms with Crippen LogP contribution in [0.3, 0.4) is 0 Å². The number of hydrogen-bond donors (Lipinski definition) is 1. The molecule has 3 atom stereocenters. The number of nitrogens with zero attached hydrogens (tertiary/aromatic N) is 1. The van der Waals surface area contributed by atoms with Crippen molar-refractivity contribution in [3.05, 3.63) is 38.3 Å². The first-order valence-electron chi connectivity index (χ1n) is 7.69. The lowest BCUT2D eigenvalue weighted by atomic mass is 9.74. The molecule has 116 valence electrons. The van der Waals surface area contributed by atoms with E-state index in [4.69, 9.17) is 5.73 Å². The van der Waals surface area contributed by atoms with Crippen LogP contribution in [0.2, 0.25) is 0 Å². The first-order chi connectivity index (χ1) is 10.0. The Morgan fingerprint density at radius 1 is 1.43 bits per heavy atom. The first kappa shape index (κ1) is 16.4. The second-order valence-electron chi connectivity index (χ2n) is 6.13. The van der Waals surface area contributed by atoms with E-state index in [0.717, 1.165) is 28.8 Å². The molecule has 2 N–H and O–H groups in total. The van der Waals surface area contributed by atoms with Gasteiger partial charge in [-0.15, -0.1) is 0 Å². The average molecular weight is 355 g/mol. The van der Waals surface area contributed by atoms with E-state index in [9.17, 15) is 10.1 Å². The Hall–Kier alpha value is -0.940. The molecule has 0 aliphatic heterocycles. The van der Waals surface area contributed by atoms with Gasteiger partial charge in [-0.25, -0.2) is 0 Å². The van der Waals surface area contributed by atoms with E-state index in [-0.39, 0.29) is 16.7 Å². The minimum Gasteiger partial charge on any atom is -0.327 e. The molecule has 0 bridgehead atoms. The summed E-state index contributed by atoms with van der Waals surface area (Å²) < 4.78 is 0.745. The van der Waals surface area contributed by atoms with Crippen molar-refractivity contribution < 1.29 is 4.92 Å². The molecule has 2 rings (SSSR count). The SMILES string of the molecule is CCCC1CCC(N)C(Cc2ccc(Br)cc2[N+](=O)[O-])C1. The summed E-state index contributed by atoms with van der Waals surface area (Å²) in [6.07, 6.45) is 6.50. The van der Waals surface area contributed by atoms with Crippen LogP contribution in [0.1, 0.15) is 44.6 Å². The highest BCUT2D eigenvalue weighted by Crippen LogP contribution is 2.35. The standard InChI is InChI=1S/C16H23BrN2O2/c1-2-3-11-4-7-15(18)13(8-11)9-12-5-6-14(17)10-16(12)19(20)21/h5-6,10-11,13,15H,2-4,7-9,18H2,1H3. The van der Waals surface area contributed by atoms with Gasteiger partial charge < -0.3 is 5.73 Å². The number of hydrogen-bond acceptors (Lipinski definition) is 3. The second-order valence-corrected chi connectivity index (χ2v) is 7.04. The Balaban J connectivity index is 2.14. The van der Waals surface area contributed by atoms with Crippen LogP contribution in [0.5, 0.6) is 0 Å². The van der Waals surface area contributed by atoms with Crippen LogP contribution in [0.25, 0.3) is 0 Å². The van der Waals surface area contributed by atoms with Gasteiger partial charge in [0.05, 0.1) is 4.92 Å². The van der Waals surface area contributed by atoms with Crippen molar-refractivity contribution in [2.24, 2.45) is 17.6 Å². The zero-order valence-electron chi connectivity index (χ0n) is 12.4. The summed E-state index contributed by atoms with van der Waals surface area (Å²) in [7, 11) is 0. The van der Waals surface area contributed by atoms with E-state index >= 15 is 0 Å². The zero-order valence-corrected chi connectivity index (χ0v) is 14.0. The summed E-state index contributed by atoms with van der Waals surface area (Å²) in [5, 5.41) is 11.2. The van der Waals surface area contributed by atoms with E-state index in [1.165, 1.54) is 19.3 Å². The van der Waals surface area contributed by atoms with E-state index in [1.807, 2.05) is 12.1 Å². The van der Waals surface area contributed by atoms with Gasteiger partial charge in [0.25, 0.3) is 5.69 Å². The summed E-state index contributed by atoms with van der Waals surface area (Å²) in [4.78, 5) is 10.9. The van der Waals surface area contributed by atoms with Crippen LogP contribution in [0.15, 0.2) is 22.7 Å². The predicted octanol–water partition coefficient (Wildman–Crippen LogP) is 4.44. The molecule has 0 aromatic heterocycles. The van der Waals surface area contributed by atoms with Crippen molar-refractivity contribution in [2.75, 3.05) is 0 Å². The lowest BCUT2D eigenvalue weighted by Crippen LogP contribution is -2.37. The van der Waals surface area contributed by atoms with Crippen LogP contribution in [-0.4, -0.2) is 11.0 Å². The van der Waals surface area contributed by atoms with Crippen LogP contribution in [-0.2, 0) is 6.42 Å². The molecule has 1 saturated carbocycles. The monoisotopic (exact) mass is 354 g/mol. The highest BCUT2D eigenvalue weighted by Gasteiger charge is 2.29. The molecule has 0 spiro atoms. The van der Waals surface area contributed by atoms with Crippen LogP contribution < -0.4 is 5.73 Å². The Labute approximate surface area is 134 Å². The topological polar surface area (TPSA) is 69.2 Å². The fourth-order valence-electron chi connectivity index (χ4n) is 3.45. The highest BCUT2D eigenvalue weighted by atomic mass is 79.9. The third-order valence-corrected chi connectivity index (χ3v) is 5.07. The summed E-state index contributed by atoms with van der Waals surface area (Å²) >= 11 is 3.30. The third kappa shape index (κ3) is 4.27. The fraction of sp³-hybridized carbons (Fsp3) is 0.625. The molecule has 1 aromatic rings. The van der Waals surface area contributed by atoms with E-state index in [1.54, 1.807) is 6.07 Å². The van der Waals surface area contributed by atoms with Gasteiger partial charge in [0.1, 0.15) is 0 Å². The lowest BCUT2D eigenvalue weighted by molar-refractivity contribution is -0.385. The predicted molar refractivity (Wildman–Crippen MR) is 88.2 cm³/mol. The molecule has 1 fully saturated rings. The molecule has 0 heterocycles. The second kappa shape index (κ2) is 7.36. The van der Waals surface area contributed by atoms with Gasteiger partial charge in [-0.05, 0) is 43.6 Å². The molecule has 0 radical (unpaired) electrons. The van der Waals surface area contributed by atoms with Gasteiger partial charge >= 0.3 is 0 Å². The number of nitro benzene ring substituents is 1. The van der Waals surface area contributed by atoms with Crippen LogP contribution in [0.4, 0.5) is 5.69 Å². The molecule has 1 aliphatic carbocycles. The number of rotatable bonds is 5. The zero-order chi connectivity index (χ0) is 15.4. The maximum absolute atomic E-state index is 11.2. The van der Waals surface area contributed by atoms with Crippen molar-refractivity contribution in [3.8, 4) is 0 Å². The fourth-order valence-corrected chi connectivity index (χ4v) is 3.80. The Morgan fingerprint density at radius 3 is 2.86 bits per heavy atom. The molecule has 1 aliphatic rings. The maximum atomic E-state index is 11.2. The quantitative estimate of drug-likeness (QED) is 0.627. The Kier molecular flexibility index (Phi) is 5.76. The van der Waals surface area contributed by atoms with Gasteiger partial charge in [0.15, 0.2) is 0 Å². The molecule has 0 amide bonds. The summed E-state index contributed by atoms with van der Waals surface area (Å²) in [6, 6.07) is 5.49. The number of benzene rings is 1. The molecule has 4 nitrogen and oxygen atoms in total. The number of nitro groups is 1. The summed E-state index contributed by atoms with van der Waals surface area (Å²) in [5.74, 6) is 1.09.